The van der Waals surface area contributed by atoms with Crippen LogP contribution in [-0.2, 0) is 64.5 Å². The highest BCUT2D eigenvalue weighted by Crippen LogP contribution is 2.35. The number of aliphatic hydroxyl groups is 2. The molecule has 6 aromatic carbocycles. The van der Waals surface area contributed by atoms with Gasteiger partial charge in [-0.05, 0) is 147 Å². The second-order valence-electron chi connectivity index (χ2n) is 25.3. The number of benzene rings is 6. The molecule has 0 aromatic heterocycles. The van der Waals surface area contributed by atoms with E-state index in [4.69, 9.17) is 18.9 Å². The van der Waals surface area contributed by atoms with Gasteiger partial charge in [-0.1, -0.05) is 125 Å². The standard InChI is InChI=1S/C66H82N4O14S2/c1-39(2)57(69-61(73)47(35-85(77,78)65(5,6)7)33-45-21-15-19-43-17-11-13-23-49(43)45)63(75)67-51(29-41-25-27-53-55(31-41)83-37-81-53)59(71)60(72)52(30-42-26-28-54-56(32-42)84-38-82-54)68-64(76)58(40(3)4)70-62(74)48(36-86(79,80)66(8,9)10)34-46-22-16-20-44-18-12-14-24-50(44)46/h11-28,31-32,39-40,47-48,51-52,57-60,71-72H,29-30,33-38H2,1-10H3,(H,67,75)(H,68,76)(H,69,73)(H,70,74)/t47-,48+,51-,52-,57-,58-,59+,60+/m0/s1. The van der Waals surface area contributed by atoms with Crippen molar-refractivity contribution >= 4 is 64.8 Å². The van der Waals surface area contributed by atoms with Crippen LogP contribution in [0.15, 0.2) is 121 Å². The summed E-state index contributed by atoms with van der Waals surface area (Å²) in [6.07, 6.45) is -3.92. The molecular weight excluding hydrogens is 1140 g/mol. The lowest BCUT2D eigenvalue weighted by Gasteiger charge is -2.35. The third-order valence-electron chi connectivity index (χ3n) is 16.3. The lowest BCUT2D eigenvalue weighted by molar-refractivity contribution is -0.134. The molecule has 2 heterocycles. The van der Waals surface area contributed by atoms with Crippen molar-refractivity contribution in [1.29, 1.82) is 0 Å². The normalized spacial score (nSPS) is 16.2. The Hall–Kier alpha value is -7.26. The molecule has 2 aliphatic heterocycles. The average Bonchev–Trinajstić information content (AvgIpc) is 2.80. The van der Waals surface area contributed by atoms with E-state index in [1.807, 2.05) is 84.9 Å². The SMILES string of the molecule is CC(C)[C@H](NC(=O)[C@H](Cc1cccc2ccccc12)CS(=O)(=O)C(C)(C)C)C(=O)N[C@@H](Cc1ccc2c(c1)OCO2)[C@@H](O)[C@H](O)[C@H](Cc1ccc2c(c1)OCO2)NC(=O)[C@@H](NC(=O)[C@@H](Cc1cccc2ccccc12)CS(=O)(=O)C(C)(C)C)C(C)C. The van der Waals surface area contributed by atoms with E-state index in [2.05, 4.69) is 21.3 Å². The summed E-state index contributed by atoms with van der Waals surface area (Å²) in [5.41, 5.74) is 2.58. The van der Waals surface area contributed by atoms with E-state index in [1.54, 1.807) is 106 Å². The predicted octanol–water partition coefficient (Wildman–Crippen LogP) is 7.35. The second kappa shape index (κ2) is 26.8. The van der Waals surface area contributed by atoms with Crippen LogP contribution in [0.4, 0.5) is 0 Å². The molecule has 6 N–H and O–H groups in total. The van der Waals surface area contributed by atoms with Gasteiger partial charge >= 0.3 is 0 Å². The van der Waals surface area contributed by atoms with Gasteiger partial charge in [0, 0.05) is 0 Å². The summed E-state index contributed by atoms with van der Waals surface area (Å²) in [7, 11) is -7.78. The van der Waals surface area contributed by atoms with Gasteiger partial charge in [-0.2, -0.15) is 0 Å². The van der Waals surface area contributed by atoms with Crippen LogP contribution in [0.25, 0.3) is 21.5 Å². The summed E-state index contributed by atoms with van der Waals surface area (Å²) in [6.45, 7) is 16.2. The number of hydrogen-bond acceptors (Lipinski definition) is 14. The highest BCUT2D eigenvalue weighted by atomic mass is 32.2. The van der Waals surface area contributed by atoms with Crippen LogP contribution in [0, 0.1) is 23.7 Å². The molecule has 20 heteroatoms. The smallest absolute Gasteiger partial charge is 0.243 e. The zero-order valence-corrected chi connectivity index (χ0v) is 52.2. The first-order valence-corrected chi connectivity index (χ1v) is 32.5. The Bertz CT molecular complexity index is 3420. The Kier molecular flexibility index (Phi) is 20.2. The van der Waals surface area contributed by atoms with Gasteiger partial charge in [-0.15, -0.1) is 0 Å². The fourth-order valence-electron chi connectivity index (χ4n) is 10.7. The van der Waals surface area contributed by atoms with Crippen LogP contribution < -0.4 is 40.2 Å². The van der Waals surface area contributed by atoms with Crippen molar-refractivity contribution in [1.82, 2.24) is 21.3 Å². The minimum absolute atomic E-state index is 0.0332. The molecule has 0 unspecified atom stereocenters. The van der Waals surface area contributed by atoms with E-state index in [0.29, 0.717) is 34.1 Å². The van der Waals surface area contributed by atoms with Crippen molar-refractivity contribution in [3.8, 4) is 23.0 Å². The van der Waals surface area contributed by atoms with Crippen molar-refractivity contribution < 1.29 is 65.2 Å². The number of carbonyl (C=O) groups excluding carboxylic acids is 4. The van der Waals surface area contributed by atoms with Gasteiger partial charge in [0.2, 0.25) is 37.2 Å². The first-order valence-electron chi connectivity index (χ1n) is 29.2. The summed E-state index contributed by atoms with van der Waals surface area (Å²) < 4.78 is 75.7. The second-order valence-corrected chi connectivity index (χ2v) is 30.9. The molecule has 8 rings (SSSR count). The van der Waals surface area contributed by atoms with Crippen LogP contribution in [0.5, 0.6) is 23.0 Å². The fourth-order valence-corrected chi connectivity index (χ4v) is 13.3. The van der Waals surface area contributed by atoms with E-state index >= 15 is 0 Å². The highest BCUT2D eigenvalue weighted by Gasteiger charge is 2.41. The van der Waals surface area contributed by atoms with Gasteiger partial charge in [0.15, 0.2) is 42.7 Å². The summed E-state index contributed by atoms with van der Waals surface area (Å²) in [5, 5.41) is 40.5. The number of aliphatic hydroxyl groups excluding tert-OH is 2. The Morgan fingerprint density at radius 1 is 0.453 bits per heavy atom. The predicted molar refractivity (Wildman–Crippen MR) is 331 cm³/mol. The number of sulfone groups is 2. The first kappa shape index (κ1) is 64.7. The zero-order chi connectivity index (χ0) is 62.5. The number of nitrogens with one attached hydrogen (secondary N) is 4. The summed E-state index contributed by atoms with van der Waals surface area (Å²) in [6, 6.07) is 31.3. The molecular formula is C66H82N4O14S2. The van der Waals surface area contributed by atoms with Crippen molar-refractivity contribution in [2.24, 2.45) is 23.7 Å². The monoisotopic (exact) mass is 1220 g/mol. The Balaban J connectivity index is 1.10. The van der Waals surface area contributed by atoms with Gasteiger partial charge in [0.05, 0.1) is 44.9 Å². The van der Waals surface area contributed by atoms with Gasteiger partial charge in [-0.25, -0.2) is 16.8 Å². The van der Waals surface area contributed by atoms with Gasteiger partial charge in [0.25, 0.3) is 0 Å². The van der Waals surface area contributed by atoms with E-state index in [-0.39, 0.29) is 39.3 Å². The number of fused-ring (bicyclic) bond motifs is 4. The molecule has 18 nitrogen and oxygen atoms in total. The Labute approximate surface area is 505 Å². The minimum atomic E-state index is -3.89. The van der Waals surface area contributed by atoms with Crippen molar-refractivity contribution in [3.05, 3.63) is 144 Å². The van der Waals surface area contributed by atoms with Crippen molar-refractivity contribution in [2.45, 2.75) is 141 Å². The molecule has 0 saturated carbocycles. The fraction of sp³-hybridized carbons (Fsp3) is 0.455. The molecule has 4 amide bonds. The Morgan fingerprint density at radius 2 is 0.802 bits per heavy atom. The van der Waals surface area contributed by atoms with E-state index in [1.165, 1.54) is 0 Å². The zero-order valence-electron chi connectivity index (χ0n) is 50.6. The molecule has 6 aromatic rings. The molecule has 0 bridgehead atoms. The third kappa shape index (κ3) is 15.5. The van der Waals surface area contributed by atoms with Gasteiger partial charge < -0.3 is 50.4 Å². The van der Waals surface area contributed by atoms with E-state index < -0.39 is 124 Å². The summed E-state index contributed by atoms with van der Waals surface area (Å²) in [4.78, 5) is 59.4. The number of rotatable bonds is 25. The van der Waals surface area contributed by atoms with Crippen molar-refractivity contribution in [2.75, 3.05) is 25.1 Å². The van der Waals surface area contributed by atoms with E-state index in [9.17, 15) is 46.2 Å². The molecule has 462 valence electrons. The number of carbonyl (C=O) groups is 4. The molecule has 2 aliphatic rings. The van der Waals surface area contributed by atoms with Gasteiger partial charge in [-0.3, -0.25) is 19.2 Å². The molecule has 86 heavy (non-hydrogen) atoms. The molecule has 0 aliphatic carbocycles. The highest BCUT2D eigenvalue weighted by molar-refractivity contribution is 7.93. The van der Waals surface area contributed by atoms with Gasteiger partial charge in [0.1, 0.15) is 24.3 Å². The maximum absolute atomic E-state index is 15.0. The number of hydrogen-bond donors (Lipinski definition) is 6. The molecule has 8 atom stereocenters. The third-order valence-corrected chi connectivity index (χ3v) is 21.7. The summed E-state index contributed by atoms with van der Waals surface area (Å²) in [5.74, 6) is -5.60. The van der Waals surface area contributed by atoms with Crippen LogP contribution in [-0.4, -0.2) is 122 Å². The maximum atomic E-state index is 15.0. The number of amides is 4. The maximum Gasteiger partial charge on any atom is 0.243 e. The molecule has 0 saturated heterocycles. The quantitative estimate of drug-likeness (QED) is 0.0328. The Morgan fingerprint density at radius 3 is 1.16 bits per heavy atom. The van der Waals surface area contributed by atoms with Crippen LogP contribution in [0.3, 0.4) is 0 Å². The largest absolute Gasteiger partial charge is 0.454 e. The van der Waals surface area contributed by atoms with Crippen LogP contribution in [0.1, 0.15) is 91.5 Å². The van der Waals surface area contributed by atoms with Crippen LogP contribution in [0.2, 0.25) is 0 Å². The van der Waals surface area contributed by atoms with E-state index in [0.717, 1.165) is 32.7 Å². The molecule has 0 spiro atoms. The number of ether oxygens (including phenoxy) is 4. The first-order chi connectivity index (χ1) is 40.5. The minimum Gasteiger partial charge on any atom is -0.454 e. The molecule has 0 fully saturated rings. The van der Waals surface area contributed by atoms with Crippen molar-refractivity contribution in [3.63, 3.8) is 0 Å². The average molecular weight is 1220 g/mol. The lowest BCUT2D eigenvalue weighted by Crippen LogP contribution is -2.62. The summed E-state index contributed by atoms with van der Waals surface area (Å²) >= 11 is 0. The molecule has 0 radical (unpaired) electrons. The topological polar surface area (TPSA) is 262 Å². The van der Waals surface area contributed by atoms with Crippen LogP contribution >= 0.6 is 0 Å². The lowest BCUT2D eigenvalue weighted by atomic mass is 9.89.